The Morgan fingerprint density at radius 1 is 1.00 bits per heavy atom. The van der Waals surface area contributed by atoms with E-state index < -0.39 is 0 Å². The van der Waals surface area contributed by atoms with Crippen LogP contribution in [0.25, 0.3) is 0 Å². The molecule has 0 bridgehead atoms. The van der Waals surface area contributed by atoms with Crippen LogP contribution in [-0.4, -0.2) is 12.4 Å². The van der Waals surface area contributed by atoms with Crippen molar-refractivity contribution in [2.75, 3.05) is 6.26 Å². The highest BCUT2D eigenvalue weighted by Crippen LogP contribution is 2.28. The highest BCUT2D eigenvalue weighted by Gasteiger charge is 2.23. The molecule has 0 spiro atoms. The summed E-state index contributed by atoms with van der Waals surface area (Å²) in [5.41, 5.74) is 8.58. The van der Waals surface area contributed by atoms with Gasteiger partial charge in [-0.05, 0) is 54.5 Å². The Balaban J connectivity index is 1.72. The number of hydrogen-bond donors (Lipinski definition) is 1. The summed E-state index contributed by atoms with van der Waals surface area (Å²) in [5, 5.41) is 0. The van der Waals surface area contributed by atoms with Gasteiger partial charge in [0, 0.05) is 4.90 Å². The lowest BCUT2D eigenvalue weighted by molar-refractivity contribution is 0.303. The third-order valence-electron chi connectivity index (χ3n) is 3.54. The molecule has 1 atom stereocenters. The van der Waals surface area contributed by atoms with Crippen LogP contribution in [0.15, 0.2) is 53.4 Å². The Hall–Kier alpha value is -1.45. The summed E-state index contributed by atoms with van der Waals surface area (Å²) in [6, 6.07) is 16.5. The summed E-state index contributed by atoms with van der Waals surface area (Å²) in [6.45, 7) is 0. The van der Waals surface area contributed by atoms with Crippen molar-refractivity contribution in [3.05, 3.63) is 59.7 Å². The Labute approximate surface area is 124 Å². The first-order valence-electron chi connectivity index (χ1n) is 6.92. The molecule has 1 fully saturated rings. The molecule has 0 aliphatic heterocycles. The van der Waals surface area contributed by atoms with Crippen LogP contribution >= 0.6 is 11.8 Å². The summed E-state index contributed by atoms with van der Waals surface area (Å²) in [6.07, 6.45) is 4.88. The first-order chi connectivity index (χ1) is 9.76. The Morgan fingerprint density at radius 2 is 1.55 bits per heavy atom. The van der Waals surface area contributed by atoms with E-state index in [9.17, 15) is 0 Å². The van der Waals surface area contributed by atoms with E-state index in [0.29, 0.717) is 6.10 Å². The number of thioether (sulfide) groups is 1. The van der Waals surface area contributed by atoms with Crippen molar-refractivity contribution >= 4 is 11.8 Å². The van der Waals surface area contributed by atoms with Gasteiger partial charge < -0.3 is 10.5 Å². The second-order valence-corrected chi connectivity index (χ2v) is 6.02. The molecule has 1 unspecified atom stereocenters. The third kappa shape index (κ3) is 3.17. The average Bonchev–Trinajstić information content (AvgIpc) is 3.31. The average molecular weight is 285 g/mol. The number of benzene rings is 2. The molecule has 3 rings (SSSR count). The largest absolute Gasteiger partial charge is 0.490 e. The standard InChI is InChI=1S/C17H19NOS/c1-20-16-10-4-13(5-11-16)17(18)12-2-6-14(7-3-12)19-15-8-9-15/h2-7,10-11,15,17H,8-9,18H2,1H3. The highest BCUT2D eigenvalue weighted by atomic mass is 32.2. The van der Waals surface area contributed by atoms with E-state index in [-0.39, 0.29) is 6.04 Å². The van der Waals surface area contributed by atoms with Crippen molar-refractivity contribution in [3.63, 3.8) is 0 Å². The van der Waals surface area contributed by atoms with Crippen LogP contribution in [0, 0.1) is 0 Å². The van der Waals surface area contributed by atoms with Gasteiger partial charge in [-0.15, -0.1) is 11.8 Å². The molecule has 1 aliphatic rings. The van der Waals surface area contributed by atoms with E-state index in [1.54, 1.807) is 11.8 Å². The molecule has 2 nitrogen and oxygen atoms in total. The molecule has 20 heavy (non-hydrogen) atoms. The minimum absolute atomic E-state index is 0.0825. The lowest BCUT2D eigenvalue weighted by atomic mass is 10.00. The van der Waals surface area contributed by atoms with Gasteiger partial charge in [0.25, 0.3) is 0 Å². The third-order valence-corrected chi connectivity index (χ3v) is 4.28. The van der Waals surface area contributed by atoms with Crippen molar-refractivity contribution in [1.29, 1.82) is 0 Å². The molecule has 0 radical (unpaired) electrons. The first-order valence-corrected chi connectivity index (χ1v) is 8.15. The van der Waals surface area contributed by atoms with Gasteiger partial charge in [0.1, 0.15) is 5.75 Å². The normalized spacial score (nSPS) is 15.9. The lowest BCUT2D eigenvalue weighted by Gasteiger charge is -2.14. The topological polar surface area (TPSA) is 35.2 Å². The van der Waals surface area contributed by atoms with Crippen molar-refractivity contribution < 1.29 is 4.74 Å². The second kappa shape index (κ2) is 5.90. The molecule has 0 saturated heterocycles. The molecular weight excluding hydrogens is 266 g/mol. The van der Waals surface area contributed by atoms with Crippen molar-refractivity contribution in [2.45, 2.75) is 29.9 Å². The zero-order valence-corrected chi connectivity index (χ0v) is 12.4. The number of hydrogen-bond acceptors (Lipinski definition) is 3. The van der Waals surface area contributed by atoms with Crippen LogP contribution in [0.2, 0.25) is 0 Å². The van der Waals surface area contributed by atoms with Crippen LogP contribution in [0.3, 0.4) is 0 Å². The molecule has 2 aromatic rings. The van der Waals surface area contributed by atoms with Crippen LogP contribution < -0.4 is 10.5 Å². The summed E-state index contributed by atoms with van der Waals surface area (Å²) >= 11 is 1.74. The quantitative estimate of drug-likeness (QED) is 0.843. The van der Waals surface area contributed by atoms with Gasteiger partial charge in [-0.1, -0.05) is 24.3 Å². The maximum atomic E-state index is 6.32. The zero-order valence-electron chi connectivity index (χ0n) is 11.6. The van der Waals surface area contributed by atoms with E-state index in [0.717, 1.165) is 16.9 Å². The van der Waals surface area contributed by atoms with E-state index >= 15 is 0 Å². The molecule has 2 aromatic carbocycles. The Morgan fingerprint density at radius 3 is 2.05 bits per heavy atom. The number of ether oxygens (including phenoxy) is 1. The molecule has 1 saturated carbocycles. The predicted octanol–water partition coefficient (Wildman–Crippen LogP) is 4.00. The monoisotopic (exact) mass is 285 g/mol. The minimum atomic E-state index is -0.0825. The summed E-state index contributed by atoms with van der Waals surface area (Å²) in [4.78, 5) is 1.26. The zero-order chi connectivity index (χ0) is 13.9. The fourth-order valence-corrected chi connectivity index (χ4v) is 2.54. The Bertz CT molecular complexity index is 561. The molecule has 0 aromatic heterocycles. The van der Waals surface area contributed by atoms with Crippen LogP contribution in [0.4, 0.5) is 0 Å². The maximum absolute atomic E-state index is 6.32. The summed E-state index contributed by atoms with van der Waals surface area (Å²) < 4.78 is 5.75. The second-order valence-electron chi connectivity index (χ2n) is 5.14. The van der Waals surface area contributed by atoms with Gasteiger partial charge in [-0.25, -0.2) is 0 Å². The molecule has 104 valence electrons. The predicted molar refractivity (Wildman–Crippen MR) is 84.3 cm³/mol. The van der Waals surface area contributed by atoms with Crippen LogP contribution in [0.5, 0.6) is 5.75 Å². The van der Waals surface area contributed by atoms with Gasteiger partial charge >= 0.3 is 0 Å². The van der Waals surface area contributed by atoms with Crippen molar-refractivity contribution in [3.8, 4) is 5.75 Å². The fourth-order valence-electron chi connectivity index (χ4n) is 2.14. The summed E-state index contributed by atoms with van der Waals surface area (Å²) in [5.74, 6) is 0.946. The molecule has 0 amide bonds. The van der Waals surface area contributed by atoms with E-state index in [1.165, 1.54) is 17.7 Å². The summed E-state index contributed by atoms with van der Waals surface area (Å²) in [7, 11) is 0. The first kappa shape index (κ1) is 13.5. The molecule has 2 N–H and O–H groups in total. The molecule has 0 heterocycles. The van der Waals surface area contributed by atoms with E-state index in [1.807, 2.05) is 12.1 Å². The smallest absolute Gasteiger partial charge is 0.119 e. The van der Waals surface area contributed by atoms with Gasteiger partial charge in [0.05, 0.1) is 12.1 Å². The fraction of sp³-hybridized carbons (Fsp3) is 0.294. The highest BCUT2D eigenvalue weighted by molar-refractivity contribution is 7.98. The van der Waals surface area contributed by atoms with E-state index in [4.69, 9.17) is 10.5 Å². The van der Waals surface area contributed by atoms with Crippen LogP contribution in [0.1, 0.15) is 30.0 Å². The number of rotatable bonds is 5. The van der Waals surface area contributed by atoms with Crippen molar-refractivity contribution in [2.24, 2.45) is 5.73 Å². The van der Waals surface area contributed by atoms with Gasteiger partial charge in [0.2, 0.25) is 0 Å². The Kier molecular flexibility index (Phi) is 3.99. The van der Waals surface area contributed by atoms with Crippen molar-refractivity contribution in [1.82, 2.24) is 0 Å². The molecule has 1 aliphatic carbocycles. The van der Waals surface area contributed by atoms with Gasteiger partial charge in [-0.2, -0.15) is 0 Å². The minimum Gasteiger partial charge on any atom is -0.490 e. The molecule has 3 heteroatoms. The number of nitrogens with two attached hydrogens (primary N) is 1. The van der Waals surface area contributed by atoms with Crippen LogP contribution in [-0.2, 0) is 0 Å². The SMILES string of the molecule is CSc1ccc(C(N)c2ccc(OC3CC3)cc2)cc1. The molecular formula is C17H19NOS. The van der Waals surface area contributed by atoms with E-state index in [2.05, 4.69) is 42.7 Å². The maximum Gasteiger partial charge on any atom is 0.119 e. The van der Waals surface area contributed by atoms with Gasteiger partial charge in [-0.3, -0.25) is 0 Å². The lowest BCUT2D eigenvalue weighted by Crippen LogP contribution is -2.11. The van der Waals surface area contributed by atoms with Gasteiger partial charge in [0.15, 0.2) is 0 Å².